The Bertz CT molecular complexity index is 1060. The van der Waals surface area contributed by atoms with Crippen LogP contribution in [-0.4, -0.2) is 30.4 Å². The summed E-state index contributed by atoms with van der Waals surface area (Å²) in [6.45, 7) is 0.378. The van der Waals surface area contributed by atoms with Crippen LogP contribution in [0, 0.1) is 0 Å². The molecule has 1 aromatic carbocycles. The van der Waals surface area contributed by atoms with Crippen LogP contribution in [0.1, 0.15) is 17.3 Å². The molecule has 4 rings (SSSR count). The second kappa shape index (κ2) is 6.75. The van der Waals surface area contributed by atoms with Gasteiger partial charge in [0.25, 0.3) is 0 Å². The zero-order chi connectivity index (χ0) is 17.9. The molecule has 1 amide bonds. The Hall–Kier alpha value is -3.55. The maximum Gasteiger partial charge on any atom is 0.323 e. The third-order valence-corrected chi connectivity index (χ3v) is 4.31. The smallest absolute Gasteiger partial charge is 0.323 e. The fraction of sp³-hybridized carbons (Fsp3) is 0.167. The second-order valence-corrected chi connectivity index (χ2v) is 6.10. The SMILES string of the molecule is O=C(NCc1ccc2[nH]c(=O)[nH]c2c1)[C@H](Cc1cnc[nH]1)n1cccc1. The number of aromatic nitrogens is 5. The molecule has 3 heterocycles. The van der Waals surface area contributed by atoms with Gasteiger partial charge in [-0.15, -0.1) is 0 Å². The average molecular weight is 350 g/mol. The minimum absolute atomic E-state index is 0.0848. The molecular weight excluding hydrogens is 332 g/mol. The number of hydrogen-bond donors (Lipinski definition) is 4. The molecule has 0 spiro atoms. The quantitative estimate of drug-likeness (QED) is 0.422. The van der Waals surface area contributed by atoms with Crippen molar-refractivity contribution >= 4 is 16.9 Å². The molecule has 0 radical (unpaired) electrons. The van der Waals surface area contributed by atoms with Crippen LogP contribution in [0.15, 0.2) is 60.0 Å². The number of aromatic amines is 3. The number of benzene rings is 1. The Balaban J connectivity index is 1.49. The molecule has 0 aliphatic carbocycles. The topological polar surface area (TPSA) is 111 Å². The van der Waals surface area contributed by atoms with Gasteiger partial charge in [-0.3, -0.25) is 4.79 Å². The van der Waals surface area contributed by atoms with Crippen LogP contribution < -0.4 is 11.0 Å². The summed E-state index contributed by atoms with van der Waals surface area (Å²) in [5, 5.41) is 2.97. The van der Waals surface area contributed by atoms with Crippen LogP contribution in [0.2, 0.25) is 0 Å². The first-order valence-electron chi connectivity index (χ1n) is 8.27. The Morgan fingerprint density at radius 3 is 2.77 bits per heavy atom. The Morgan fingerprint density at radius 2 is 2.00 bits per heavy atom. The van der Waals surface area contributed by atoms with Crippen molar-refractivity contribution in [3.8, 4) is 0 Å². The van der Waals surface area contributed by atoms with Gasteiger partial charge < -0.3 is 24.8 Å². The van der Waals surface area contributed by atoms with Crippen molar-refractivity contribution in [3.63, 3.8) is 0 Å². The minimum atomic E-state index is -0.374. The van der Waals surface area contributed by atoms with Crippen LogP contribution in [0.25, 0.3) is 11.0 Å². The Morgan fingerprint density at radius 1 is 1.19 bits per heavy atom. The molecule has 26 heavy (non-hydrogen) atoms. The second-order valence-electron chi connectivity index (χ2n) is 6.10. The van der Waals surface area contributed by atoms with Gasteiger partial charge in [-0.1, -0.05) is 6.07 Å². The van der Waals surface area contributed by atoms with Gasteiger partial charge in [0.05, 0.1) is 17.4 Å². The first kappa shape index (κ1) is 15.9. The van der Waals surface area contributed by atoms with Crippen LogP contribution in [0.4, 0.5) is 0 Å². The number of hydrogen-bond acceptors (Lipinski definition) is 3. The maximum atomic E-state index is 12.8. The molecule has 0 bridgehead atoms. The van der Waals surface area contributed by atoms with Gasteiger partial charge in [0.2, 0.25) is 5.91 Å². The van der Waals surface area contributed by atoms with Crippen LogP contribution >= 0.6 is 0 Å². The van der Waals surface area contributed by atoms with E-state index >= 15 is 0 Å². The van der Waals surface area contributed by atoms with Gasteiger partial charge in [0.15, 0.2) is 0 Å². The summed E-state index contributed by atoms with van der Waals surface area (Å²) in [6, 6.07) is 8.97. The predicted molar refractivity (Wildman–Crippen MR) is 96.5 cm³/mol. The van der Waals surface area contributed by atoms with Crippen molar-refractivity contribution in [2.24, 2.45) is 0 Å². The van der Waals surface area contributed by atoms with Gasteiger partial charge in [0.1, 0.15) is 6.04 Å². The van der Waals surface area contributed by atoms with Gasteiger partial charge in [0, 0.05) is 37.3 Å². The Kier molecular flexibility index (Phi) is 4.14. The highest BCUT2D eigenvalue weighted by Gasteiger charge is 2.20. The fourth-order valence-corrected chi connectivity index (χ4v) is 2.99. The van der Waals surface area contributed by atoms with E-state index in [1.165, 1.54) is 0 Å². The third kappa shape index (κ3) is 3.30. The largest absolute Gasteiger partial charge is 0.350 e. The molecule has 132 valence electrons. The van der Waals surface area contributed by atoms with Crippen molar-refractivity contribution in [1.29, 1.82) is 0 Å². The number of nitrogens with one attached hydrogen (secondary N) is 4. The highest BCUT2D eigenvalue weighted by Crippen LogP contribution is 2.15. The first-order chi connectivity index (χ1) is 12.7. The molecule has 0 saturated heterocycles. The normalized spacial score (nSPS) is 12.3. The molecule has 0 unspecified atom stereocenters. The van der Waals surface area contributed by atoms with E-state index in [2.05, 4.69) is 25.3 Å². The van der Waals surface area contributed by atoms with E-state index in [1.54, 1.807) is 12.5 Å². The summed E-state index contributed by atoms with van der Waals surface area (Å²) in [5.41, 5.74) is 3.03. The molecule has 8 nitrogen and oxygen atoms in total. The first-order valence-corrected chi connectivity index (χ1v) is 8.27. The average Bonchev–Trinajstić information content (AvgIpc) is 3.37. The number of fused-ring (bicyclic) bond motifs is 1. The van der Waals surface area contributed by atoms with Gasteiger partial charge >= 0.3 is 5.69 Å². The lowest BCUT2D eigenvalue weighted by Gasteiger charge is -2.18. The highest BCUT2D eigenvalue weighted by atomic mass is 16.2. The van der Waals surface area contributed by atoms with Crippen LogP contribution in [-0.2, 0) is 17.8 Å². The van der Waals surface area contributed by atoms with Gasteiger partial charge in [-0.2, -0.15) is 0 Å². The summed E-state index contributed by atoms with van der Waals surface area (Å²) in [5.74, 6) is -0.0848. The van der Waals surface area contributed by atoms with Crippen molar-refractivity contribution in [3.05, 3.63) is 77.0 Å². The lowest BCUT2D eigenvalue weighted by atomic mass is 10.1. The molecule has 0 saturated carbocycles. The van der Waals surface area contributed by atoms with E-state index in [-0.39, 0.29) is 17.6 Å². The molecule has 4 N–H and O–H groups in total. The molecule has 3 aromatic heterocycles. The van der Waals surface area contributed by atoms with Crippen LogP contribution in [0.5, 0.6) is 0 Å². The number of carbonyl (C=O) groups is 1. The van der Waals surface area contributed by atoms with Crippen molar-refractivity contribution in [2.45, 2.75) is 19.0 Å². The van der Waals surface area contributed by atoms with Gasteiger partial charge in [-0.05, 0) is 29.8 Å². The number of H-pyrrole nitrogens is 3. The maximum absolute atomic E-state index is 12.8. The van der Waals surface area contributed by atoms with E-state index in [4.69, 9.17) is 0 Å². The number of rotatable bonds is 6. The molecular formula is C18H18N6O2. The van der Waals surface area contributed by atoms with Crippen molar-refractivity contribution < 1.29 is 4.79 Å². The highest BCUT2D eigenvalue weighted by molar-refractivity contribution is 5.81. The third-order valence-electron chi connectivity index (χ3n) is 4.31. The standard InChI is InChI=1S/C18H18N6O2/c25-17(16(24-5-1-2-6-24)8-13-10-19-11-21-13)20-9-12-3-4-14-15(7-12)23-18(26)22-14/h1-7,10-11,16H,8-9H2,(H,19,21)(H,20,25)(H2,22,23,26)/t16-/m0/s1. The molecule has 0 fully saturated rings. The predicted octanol–water partition coefficient (Wildman–Crippen LogP) is 1.48. The van der Waals surface area contributed by atoms with E-state index in [1.807, 2.05) is 47.3 Å². The van der Waals surface area contributed by atoms with Crippen molar-refractivity contribution in [1.82, 2.24) is 29.8 Å². The fourth-order valence-electron chi connectivity index (χ4n) is 2.99. The van der Waals surface area contributed by atoms with Crippen LogP contribution in [0.3, 0.4) is 0 Å². The lowest BCUT2D eigenvalue weighted by molar-refractivity contribution is -0.124. The zero-order valence-electron chi connectivity index (χ0n) is 13.9. The summed E-state index contributed by atoms with van der Waals surface area (Å²) in [6.07, 6.45) is 7.59. The van der Waals surface area contributed by atoms with Gasteiger partial charge in [-0.25, -0.2) is 9.78 Å². The van der Waals surface area contributed by atoms with Crippen molar-refractivity contribution in [2.75, 3.05) is 0 Å². The number of imidazole rings is 2. The molecule has 8 heteroatoms. The van der Waals surface area contributed by atoms with E-state index in [9.17, 15) is 9.59 Å². The minimum Gasteiger partial charge on any atom is -0.350 e. The molecule has 0 aliphatic heterocycles. The zero-order valence-corrected chi connectivity index (χ0v) is 13.9. The summed E-state index contributed by atoms with van der Waals surface area (Å²) in [7, 11) is 0. The lowest BCUT2D eigenvalue weighted by Crippen LogP contribution is -2.33. The van der Waals surface area contributed by atoms with E-state index < -0.39 is 0 Å². The summed E-state index contributed by atoms with van der Waals surface area (Å²) < 4.78 is 1.88. The summed E-state index contributed by atoms with van der Waals surface area (Å²) >= 11 is 0. The number of carbonyl (C=O) groups excluding carboxylic acids is 1. The summed E-state index contributed by atoms with van der Waals surface area (Å²) in [4.78, 5) is 36.6. The number of amides is 1. The molecule has 0 aliphatic rings. The molecule has 4 aromatic rings. The van der Waals surface area contributed by atoms with E-state index in [0.29, 0.717) is 13.0 Å². The monoisotopic (exact) mass is 350 g/mol. The molecule has 1 atom stereocenters. The van der Waals surface area contributed by atoms with E-state index in [0.717, 1.165) is 22.3 Å². The number of nitrogens with zero attached hydrogens (tertiary/aromatic N) is 2. The Labute approximate surface area is 148 Å².